The Kier molecular flexibility index (Phi) is 3.66. The molecule has 0 amide bonds. The third-order valence-corrected chi connectivity index (χ3v) is 3.90. The number of benzene rings is 3. The molecule has 0 aliphatic carbocycles. The van der Waals surface area contributed by atoms with Crippen molar-refractivity contribution in [3.8, 4) is 11.1 Å². The van der Waals surface area contributed by atoms with Gasteiger partial charge in [-0.3, -0.25) is 0 Å². The first-order valence-corrected chi connectivity index (χ1v) is 7.03. The van der Waals surface area contributed by atoms with E-state index in [2.05, 4.69) is 66.7 Å². The maximum absolute atomic E-state index is 3.04. The zero-order valence-electron chi connectivity index (χ0n) is 10.4. The Morgan fingerprint density at radius 2 is 1.16 bits per heavy atom. The molecular weight excluding hydrogens is 248 g/mol. The van der Waals surface area contributed by atoms with E-state index in [1.54, 1.807) is 11.8 Å². The van der Waals surface area contributed by atoms with Gasteiger partial charge in [0.05, 0.1) is 0 Å². The molecule has 0 N–H and O–H groups in total. The molecule has 0 spiro atoms. The van der Waals surface area contributed by atoms with Gasteiger partial charge in [-0.2, -0.15) is 0 Å². The second-order valence-corrected chi connectivity index (χ2v) is 5.38. The minimum Gasteiger partial charge on any atom is -0.0901 e. The Morgan fingerprint density at radius 3 is 1.84 bits per heavy atom. The second kappa shape index (κ2) is 5.77. The highest BCUT2D eigenvalue weighted by atomic mass is 32.2. The first kappa shape index (κ1) is 12.1. The Balaban J connectivity index is 1.80. The number of rotatable bonds is 3. The van der Waals surface area contributed by atoms with Gasteiger partial charge in [-0.1, -0.05) is 66.4 Å². The summed E-state index contributed by atoms with van der Waals surface area (Å²) in [6, 6.07) is 30.2. The first-order chi connectivity index (χ1) is 9.42. The van der Waals surface area contributed by atoms with Crippen molar-refractivity contribution < 1.29 is 0 Å². The van der Waals surface area contributed by atoms with Gasteiger partial charge >= 0.3 is 0 Å². The lowest BCUT2D eigenvalue weighted by atomic mass is 10.1. The fourth-order valence-corrected chi connectivity index (χ4v) is 2.74. The molecular formula is C18H13S. The summed E-state index contributed by atoms with van der Waals surface area (Å²) in [5, 5.41) is 0. The van der Waals surface area contributed by atoms with Gasteiger partial charge in [0.2, 0.25) is 0 Å². The van der Waals surface area contributed by atoms with E-state index >= 15 is 0 Å². The molecule has 0 aliphatic heterocycles. The lowest BCUT2D eigenvalue weighted by Gasteiger charge is -2.04. The van der Waals surface area contributed by atoms with Crippen LogP contribution in [0.15, 0.2) is 88.7 Å². The van der Waals surface area contributed by atoms with Crippen LogP contribution < -0.4 is 0 Å². The molecule has 0 aliphatic rings. The van der Waals surface area contributed by atoms with E-state index in [9.17, 15) is 0 Å². The highest BCUT2D eigenvalue weighted by Gasteiger charge is 1.99. The monoisotopic (exact) mass is 261 g/mol. The molecule has 0 nitrogen and oxygen atoms in total. The molecule has 3 rings (SSSR count). The molecule has 0 saturated carbocycles. The van der Waals surface area contributed by atoms with Crippen molar-refractivity contribution in [2.75, 3.05) is 0 Å². The van der Waals surface area contributed by atoms with Crippen molar-refractivity contribution >= 4 is 11.8 Å². The fraction of sp³-hybridized carbons (Fsp3) is 0. The van der Waals surface area contributed by atoms with Gasteiger partial charge in [0.25, 0.3) is 0 Å². The minimum absolute atomic E-state index is 1.24. The van der Waals surface area contributed by atoms with E-state index in [0.29, 0.717) is 0 Å². The molecule has 0 atom stereocenters. The summed E-state index contributed by atoms with van der Waals surface area (Å²) in [6.07, 6.45) is 0. The predicted molar refractivity (Wildman–Crippen MR) is 81.3 cm³/mol. The largest absolute Gasteiger partial charge is 0.0901 e. The van der Waals surface area contributed by atoms with Crippen molar-refractivity contribution in [2.24, 2.45) is 0 Å². The SMILES string of the molecule is [c]1ccc(Sc2ccc(-c3ccccc3)cc2)cc1. The van der Waals surface area contributed by atoms with Crippen molar-refractivity contribution in [1.29, 1.82) is 0 Å². The molecule has 0 fully saturated rings. The summed E-state index contributed by atoms with van der Waals surface area (Å²) in [5.41, 5.74) is 2.51. The van der Waals surface area contributed by atoms with Crippen LogP contribution in [0.3, 0.4) is 0 Å². The van der Waals surface area contributed by atoms with Gasteiger partial charge < -0.3 is 0 Å². The molecule has 1 radical (unpaired) electrons. The smallest absolute Gasteiger partial charge is 0.0122 e. The molecule has 19 heavy (non-hydrogen) atoms. The third kappa shape index (κ3) is 3.07. The molecule has 1 heteroatoms. The molecule has 0 bridgehead atoms. The van der Waals surface area contributed by atoms with Gasteiger partial charge in [-0.15, -0.1) is 0 Å². The zero-order chi connectivity index (χ0) is 12.9. The summed E-state index contributed by atoms with van der Waals surface area (Å²) in [5.74, 6) is 0. The molecule has 0 saturated heterocycles. The summed E-state index contributed by atoms with van der Waals surface area (Å²) >= 11 is 1.77. The summed E-state index contributed by atoms with van der Waals surface area (Å²) in [6.45, 7) is 0. The maximum atomic E-state index is 3.04. The quantitative estimate of drug-likeness (QED) is 0.616. The molecule has 0 heterocycles. The van der Waals surface area contributed by atoms with Gasteiger partial charge in [0.15, 0.2) is 0 Å². The lowest BCUT2D eigenvalue weighted by Crippen LogP contribution is -1.77. The lowest BCUT2D eigenvalue weighted by molar-refractivity contribution is 1.40. The average molecular weight is 261 g/mol. The van der Waals surface area contributed by atoms with E-state index in [4.69, 9.17) is 0 Å². The zero-order valence-corrected chi connectivity index (χ0v) is 11.2. The fourth-order valence-electron chi connectivity index (χ4n) is 1.92. The molecule has 3 aromatic rings. The van der Waals surface area contributed by atoms with Gasteiger partial charge in [-0.05, 0) is 41.5 Å². The van der Waals surface area contributed by atoms with Crippen LogP contribution in [0.1, 0.15) is 0 Å². The van der Waals surface area contributed by atoms with Crippen LogP contribution in [0.25, 0.3) is 11.1 Å². The Morgan fingerprint density at radius 1 is 0.579 bits per heavy atom. The topological polar surface area (TPSA) is 0 Å². The summed E-state index contributed by atoms with van der Waals surface area (Å²) < 4.78 is 0. The Bertz CT molecular complexity index is 628. The number of hydrogen-bond acceptors (Lipinski definition) is 1. The molecule has 91 valence electrons. The molecule has 0 aromatic heterocycles. The minimum atomic E-state index is 1.24. The van der Waals surface area contributed by atoms with Crippen LogP contribution in [0.4, 0.5) is 0 Å². The van der Waals surface area contributed by atoms with Crippen molar-refractivity contribution in [3.05, 3.63) is 84.9 Å². The van der Waals surface area contributed by atoms with Crippen LogP contribution >= 0.6 is 11.8 Å². The average Bonchev–Trinajstić information content (AvgIpc) is 2.50. The molecule has 3 aromatic carbocycles. The van der Waals surface area contributed by atoms with Crippen molar-refractivity contribution in [3.63, 3.8) is 0 Å². The Labute approximate surface area is 118 Å². The van der Waals surface area contributed by atoms with E-state index in [-0.39, 0.29) is 0 Å². The van der Waals surface area contributed by atoms with Gasteiger partial charge in [0.1, 0.15) is 0 Å². The summed E-state index contributed by atoms with van der Waals surface area (Å²) in [7, 11) is 0. The van der Waals surface area contributed by atoms with E-state index in [1.807, 2.05) is 18.2 Å². The Hall–Kier alpha value is -1.99. The van der Waals surface area contributed by atoms with Crippen LogP contribution in [0.5, 0.6) is 0 Å². The van der Waals surface area contributed by atoms with Gasteiger partial charge in [0, 0.05) is 9.79 Å². The maximum Gasteiger partial charge on any atom is 0.0122 e. The highest BCUT2D eigenvalue weighted by molar-refractivity contribution is 7.99. The van der Waals surface area contributed by atoms with Gasteiger partial charge in [-0.25, -0.2) is 0 Å². The van der Waals surface area contributed by atoms with Crippen molar-refractivity contribution in [1.82, 2.24) is 0 Å². The van der Waals surface area contributed by atoms with Crippen LogP contribution in [-0.4, -0.2) is 0 Å². The van der Waals surface area contributed by atoms with Crippen LogP contribution in [-0.2, 0) is 0 Å². The normalized spacial score (nSPS) is 10.3. The van der Waals surface area contributed by atoms with Crippen molar-refractivity contribution in [2.45, 2.75) is 9.79 Å². The predicted octanol–water partition coefficient (Wildman–Crippen LogP) is 5.30. The third-order valence-electron chi connectivity index (χ3n) is 2.88. The van der Waals surface area contributed by atoms with E-state index in [0.717, 1.165) is 0 Å². The number of hydrogen-bond donors (Lipinski definition) is 0. The summed E-state index contributed by atoms with van der Waals surface area (Å²) in [4.78, 5) is 2.50. The standard InChI is InChI=1S/C18H13S/c1-3-7-15(8-4-1)16-11-13-18(14-12-16)19-17-9-5-2-6-10-17/h1,3-14H. The van der Waals surface area contributed by atoms with Crippen LogP contribution in [0, 0.1) is 6.07 Å². The second-order valence-electron chi connectivity index (χ2n) is 4.23. The van der Waals surface area contributed by atoms with E-state index in [1.165, 1.54) is 20.9 Å². The van der Waals surface area contributed by atoms with Crippen LogP contribution in [0.2, 0.25) is 0 Å². The highest BCUT2D eigenvalue weighted by Crippen LogP contribution is 2.29. The van der Waals surface area contributed by atoms with E-state index < -0.39 is 0 Å². The first-order valence-electron chi connectivity index (χ1n) is 6.21. The molecule has 0 unspecified atom stereocenters.